The van der Waals surface area contributed by atoms with Gasteiger partial charge in [-0.15, -0.1) is 0 Å². The minimum Gasteiger partial charge on any atom is -0.455 e. The van der Waals surface area contributed by atoms with Gasteiger partial charge in [0.25, 0.3) is 5.91 Å². The second-order valence-corrected chi connectivity index (χ2v) is 9.27. The lowest BCUT2D eigenvalue weighted by molar-refractivity contribution is 0.0993. The predicted molar refractivity (Wildman–Crippen MR) is 121 cm³/mol. The number of nitrogens with two attached hydrogens (primary N) is 1. The topological polar surface area (TPSA) is 92.6 Å². The second-order valence-electron chi connectivity index (χ2n) is 7.61. The zero-order chi connectivity index (χ0) is 21.5. The first-order valence-electron chi connectivity index (χ1n) is 8.69. The summed E-state index contributed by atoms with van der Waals surface area (Å²) in [5, 5.41) is 7.97. The van der Waals surface area contributed by atoms with E-state index in [1.165, 1.54) is 12.1 Å². The highest BCUT2D eigenvalue weighted by molar-refractivity contribution is 7.80. The molecule has 10 heteroatoms. The Morgan fingerprint density at radius 3 is 2.52 bits per heavy atom. The maximum absolute atomic E-state index is 12.9. The molecule has 0 radical (unpaired) electrons. The molecule has 4 N–H and O–H groups in total. The van der Waals surface area contributed by atoms with Crippen LogP contribution in [0.25, 0.3) is 0 Å². The quantitative estimate of drug-likeness (QED) is 0.319. The first-order chi connectivity index (χ1) is 13.5. The van der Waals surface area contributed by atoms with E-state index in [-0.39, 0.29) is 26.3 Å². The van der Waals surface area contributed by atoms with E-state index in [0.29, 0.717) is 34.9 Å². The van der Waals surface area contributed by atoms with Gasteiger partial charge < -0.3 is 15.5 Å². The molecule has 0 atom stereocenters. The van der Waals surface area contributed by atoms with Gasteiger partial charge in [0.15, 0.2) is 10.9 Å². The SMILES string of the molecule is Cc1c(C(=O)Nc2cc(Cl)c(Cl)cc2Cl)oc2c1/C(=N\NC(N)=S)CC(C)(C)C2. The number of halogens is 3. The lowest BCUT2D eigenvalue weighted by Crippen LogP contribution is -2.31. The summed E-state index contributed by atoms with van der Waals surface area (Å²) in [7, 11) is 0. The largest absolute Gasteiger partial charge is 0.455 e. The van der Waals surface area contributed by atoms with Crippen LogP contribution in [0, 0.1) is 12.3 Å². The Labute approximate surface area is 188 Å². The molecule has 0 spiro atoms. The third-order valence-corrected chi connectivity index (χ3v) is 5.68. The van der Waals surface area contributed by atoms with Crippen LogP contribution < -0.4 is 16.5 Å². The van der Waals surface area contributed by atoms with Gasteiger partial charge in [-0.2, -0.15) is 5.10 Å². The zero-order valence-electron chi connectivity index (χ0n) is 16.0. The van der Waals surface area contributed by atoms with Crippen LogP contribution in [-0.4, -0.2) is 16.7 Å². The van der Waals surface area contributed by atoms with Crippen LogP contribution in [0.15, 0.2) is 21.7 Å². The molecule has 29 heavy (non-hydrogen) atoms. The molecule has 1 aliphatic carbocycles. The average molecular weight is 474 g/mol. The van der Waals surface area contributed by atoms with Crippen molar-refractivity contribution in [3.8, 4) is 0 Å². The van der Waals surface area contributed by atoms with Crippen molar-refractivity contribution in [1.29, 1.82) is 0 Å². The van der Waals surface area contributed by atoms with E-state index in [9.17, 15) is 4.79 Å². The van der Waals surface area contributed by atoms with E-state index in [0.717, 1.165) is 11.3 Å². The monoisotopic (exact) mass is 472 g/mol. The molecule has 1 amide bonds. The average Bonchev–Trinajstić information content (AvgIpc) is 2.92. The summed E-state index contributed by atoms with van der Waals surface area (Å²) >= 11 is 23.0. The van der Waals surface area contributed by atoms with Crippen LogP contribution in [0.3, 0.4) is 0 Å². The number of rotatable bonds is 3. The smallest absolute Gasteiger partial charge is 0.291 e. The van der Waals surface area contributed by atoms with Gasteiger partial charge in [-0.05, 0) is 43.1 Å². The molecule has 2 aromatic rings. The van der Waals surface area contributed by atoms with Crippen molar-refractivity contribution in [3.63, 3.8) is 0 Å². The number of nitrogens with one attached hydrogen (secondary N) is 2. The summed E-state index contributed by atoms with van der Waals surface area (Å²) < 4.78 is 5.95. The standard InChI is InChI=1S/C19H19Cl3N4O2S/c1-8-15-13(25-26-18(23)29)6-19(2,3)7-14(15)28-16(8)17(27)24-12-5-10(21)9(20)4-11(12)22/h4-5H,6-7H2,1-3H3,(H,24,27)(H3,23,26,29)/b25-13-. The van der Waals surface area contributed by atoms with Gasteiger partial charge >= 0.3 is 0 Å². The summed E-state index contributed by atoms with van der Waals surface area (Å²) in [6.45, 7) is 6.00. The van der Waals surface area contributed by atoms with E-state index >= 15 is 0 Å². The minimum atomic E-state index is -0.448. The van der Waals surface area contributed by atoms with Gasteiger partial charge in [-0.25, -0.2) is 0 Å². The molecule has 1 heterocycles. The number of carbonyl (C=O) groups is 1. The molecule has 0 fully saturated rings. The first kappa shape index (κ1) is 21.9. The molecule has 1 aliphatic rings. The first-order valence-corrected chi connectivity index (χ1v) is 10.2. The lowest BCUT2D eigenvalue weighted by Gasteiger charge is -2.29. The number of furan rings is 1. The molecule has 0 saturated heterocycles. The van der Waals surface area contributed by atoms with Crippen molar-refractivity contribution in [2.45, 2.75) is 33.6 Å². The Morgan fingerprint density at radius 1 is 1.21 bits per heavy atom. The Bertz CT molecular complexity index is 1050. The summed E-state index contributed by atoms with van der Waals surface area (Å²) in [5.74, 6) is 0.419. The summed E-state index contributed by atoms with van der Waals surface area (Å²) in [6.07, 6.45) is 1.34. The molecule has 154 valence electrons. The van der Waals surface area contributed by atoms with Crippen molar-refractivity contribution in [2.75, 3.05) is 5.32 Å². The number of hydrogen-bond acceptors (Lipinski definition) is 4. The maximum atomic E-state index is 12.9. The summed E-state index contributed by atoms with van der Waals surface area (Å²) in [5.41, 5.74) is 10.6. The zero-order valence-corrected chi connectivity index (χ0v) is 19.0. The fraction of sp³-hybridized carbons (Fsp3) is 0.316. The Morgan fingerprint density at radius 2 is 1.86 bits per heavy atom. The molecule has 0 unspecified atom stereocenters. The number of nitrogens with zero attached hydrogens (tertiary/aromatic N) is 1. The number of thiocarbonyl (C=S) groups is 1. The molecule has 3 rings (SSSR count). The van der Waals surface area contributed by atoms with Gasteiger partial charge in [0.05, 0.1) is 26.5 Å². The molecule has 0 aliphatic heterocycles. The summed E-state index contributed by atoms with van der Waals surface area (Å²) in [6, 6.07) is 2.96. The fourth-order valence-electron chi connectivity index (χ4n) is 3.35. The number of benzene rings is 1. The fourth-order valence-corrected chi connectivity index (χ4v) is 3.99. The van der Waals surface area contributed by atoms with Gasteiger partial charge in [-0.1, -0.05) is 48.7 Å². The normalized spacial score (nSPS) is 16.4. The van der Waals surface area contributed by atoms with Crippen molar-refractivity contribution < 1.29 is 9.21 Å². The number of anilines is 1. The Kier molecular flexibility index (Phi) is 6.15. The number of carbonyl (C=O) groups excluding carboxylic acids is 1. The van der Waals surface area contributed by atoms with Crippen LogP contribution in [0.2, 0.25) is 15.1 Å². The van der Waals surface area contributed by atoms with Gasteiger partial charge in [0, 0.05) is 17.5 Å². The number of amides is 1. The van der Waals surface area contributed by atoms with Crippen molar-refractivity contribution in [3.05, 3.63) is 49.8 Å². The minimum absolute atomic E-state index is 0.0656. The predicted octanol–water partition coefficient (Wildman–Crippen LogP) is 5.31. The number of fused-ring (bicyclic) bond motifs is 1. The third kappa shape index (κ3) is 4.69. The number of hydrazone groups is 1. The Hall–Kier alpha value is -1.80. The number of hydrogen-bond donors (Lipinski definition) is 3. The molecule has 1 aromatic heterocycles. The van der Waals surface area contributed by atoms with Gasteiger partial charge in [-0.3, -0.25) is 10.2 Å². The van der Waals surface area contributed by atoms with Gasteiger partial charge in [0.1, 0.15) is 5.76 Å². The highest BCUT2D eigenvalue weighted by Gasteiger charge is 2.36. The third-order valence-electron chi connectivity index (χ3n) is 4.56. The molecule has 6 nitrogen and oxygen atoms in total. The van der Waals surface area contributed by atoms with Crippen molar-refractivity contribution >= 4 is 69.4 Å². The van der Waals surface area contributed by atoms with E-state index in [1.54, 1.807) is 0 Å². The van der Waals surface area contributed by atoms with Crippen molar-refractivity contribution in [1.82, 2.24) is 5.43 Å². The second kappa shape index (κ2) is 8.14. The molecular formula is C19H19Cl3N4O2S. The van der Waals surface area contributed by atoms with E-state index in [1.807, 2.05) is 6.92 Å². The van der Waals surface area contributed by atoms with Gasteiger partial charge in [0.2, 0.25) is 0 Å². The van der Waals surface area contributed by atoms with Crippen LogP contribution in [0.4, 0.5) is 5.69 Å². The highest BCUT2D eigenvalue weighted by atomic mass is 35.5. The highest BCUT2D eigenvalue weighted by Crippen LogP contribution is 2.39. The molecule has 0 bridgehead atoms. The molecule has 0 saturated carbocycles. The summed E-state index contributed by atoms with van der Waals surface area (Å²) in [4.78, 5) is 12.9. The maximum Gasteiger partial charge on any atom is 0.291 e. The molecule has 1 aromatic carbocycles. The van der Waals surface area contributed by atoms with E-state index in [4.69, 9.17) is 57.2 Å². The van der Waals surface area contributed by atoms with Crippen LogP contribution in [0.5, 0.6) is 0 Å². The Balaban J connectivity index is 1.98. The van der Waals surface area contributed by atoms with Crippen molar-refractivity contribution in [2.24, 2.45) is 16.3 Å². The van der Waals surface area contributed by atoms with Crippen LogP contribution in [-0.2, 0) is 6.42 Å². The van der Waals surface area contributed by atoms with Crippen LogP contribution >= 0.6 is 47.0 Å². The van der Waals surface area contributed by atoms with Crippen LogP contribution in [0.1, 0.15) is 47.7 Å². The van der Waals surface area contributed by atoms with E-state index in [2.05, 4.69) is 29.7 Å². The molecular weight excluding hydrogens is 455 g/mol. The van der Waals surface area contributed by atoms with E-state index < -0.39 is 5.91 Å². The lowest BCUT2D eigenvalue weighted by atomic mass is 9.75.